The topological polar surface area (TPSA) is 23.5 Å². The normalized spacial score (nSPS) is 11.7. The molecule has 0 spiro atoms. The van der Waals surface area contributed by atoms with Gasteiger partial charge in [-0.05, 0) is 25.8 Å². The van der Waals surface area contributed by atoms with Crippen LogP contribution in [-0.2, 0) is 0 Å². The zero-order valence-corrected chi connectivity index (χ0v) is 13.0. The summed E-state index contributed by atoms with van der Waals surface area (Å²) < 4.78 is 0. The maximum atomic E-state index is 9.13. The van der Waals surface area contributed by atoms with Gasteiger partial charge >= 0.3 is 0 Å². The lowest BCUT2D eigenvalue weighted by Crippen LogP contribution is -2.37. The number of aliphatic hydroxyl groups excluding tert-OH is 1. The monoisotopic (exact) mass is 257 g/mol. The number of unbranched alkanes of at least 4 members (excludes halogenated alkanes) is 6. The van der Waals surface area contributed by atoms with Gasteiger partial charge in [-0.1, -0.05) is 59.3 Å². The Kier molecular flexibility index (Phi) is 13.3. The van der Waals surface area contributed by atoms with Crippen LogP contribution in [0.15, 0.2) is 0 Å². The largest absolute Gasteiger partial charge is 0.395 e. The van der Waals surface area contributed by atoms with Crippen molar-refractivity contribution in [3.05, 3.63) is 0 Å². The van der Waals surface area contributed by atoms with Crippen molar-refractivity contribution < 1.29 is 5.11 Å². The van der Waals surface area contributed by atoms with Crippen molar-refractivity contribution in [2.75, 3.05) is 19.7 Å². The van der Waals surface area contributed by atoms with Crippen molar-refractivity contribution in [3.63, 3.8) is 0 Å². The first-order chi connectivity index (χ1) is 8.79. The van der Waals surface area contributed by atoms with Crippen molar-refractivity contribution in [2.45, 2.75) is 84.6 Å². The molecule has 1 N–H and O–H groups in total. The Morgan fingerprint density at radius 1 is 0.778 bits per heavy atom. The highest BCUT2D eigenvalue weighted by molar-refractivity contribution is 4.68. The van der Waals surface area contributed by atoms with Gasteiger partial charge in [0.2, 0.25) is 0 Å². The molecule has 0 bridgehead atoms. The van der Waals surface area contributed by atoms with E-state index in [4.69, 9.17) is 5.11 Å². The Balaban J connectivity index is 3.63. The third-order valence-electron chi connectivity index (χ3n) is 3.89. The number of hydrogen-bond acceptors (Lipinski definition) is 2. The van der Waals surface area contributed by atoms with E-state index in [0.29, 0.717) is 12.6 Å². The summed E-state index contributed by atoms with van der Waals surface area (Å²) in [5, 5.41) is 9.13. The summed E-state index contributed by atoms with van der Waals surface area (Å²) in [6.45, 7) is 9.09. The summed E-state index contributed by atoms with van der Waals surface area (Å²) in [5.74, 6) is 0. The van der Waals surface area contributed by atoms with Gasteiger partial charge < -0.3 is 5.11 Å². The summed E-state index contributed by atoms with van der Waals surface area (Å²) in [5.41, 5.74) is 0. The average molecular weight is 257 g/mol. The lowest BCUT2D eigenvalue weighted by Gasteiger charge is -2.29. The van der Waals surface area contributed by atoms with Crippen LogP contribution in [0.25, 0.3) is 0 Å². The molecule has 0 amide bonds. The Morgan fingerprint density at radius 3 is 1.83 bits per heavy atom. The fourth-order valence-corrected chi connectivity index (χ4v) is 2.68. The van der Waals surface area contributed by atoms with Crippen LogP contribution >= 0.6 is 0 Å². The summed E-state index contributed by atoms with van der Waals surface area (Å²) in [6, 6.07) is 0.664. The molecule has 2 heteroatoms. The fourth-order valence-electron chi connectivity index (χ4n) is 2.68. The van der Waals surface area contributed by atoms with Crippen LogP contribution in [0.5, 0.6) is 0 Å². The number of aliphatic hydroxyl groups is 1. The van der Waals surface area contributed by atoms with Gasteiger partial charge in [-0.15, -0.1) is 0 Å². The van der Waals surface area contributed by atoms with Gasteiger partial charge in [0.1, 0.15) is 0 Å². The van der Waals surface area contributed by atoms with E-state index in [9.17, 15) is 0 Å². The second kappa shape index (κ2) is 13.4. The van der Waals surface area contributed by atoms with E-state index in [1.54, 1.807) is 0 Å². The van der Waals surface area contributed by atoms with Gasteiger partial charge in [0.05, 0.1) is 6.61 Å². The molecule has 0 aliphatic carbocycles. The lowest BCUT2D eigenvalue weighted by atomic mass is 10.1. The predicted molar refractivity (Wildman–Crippen MR) is 81.0 cm³/mol. The second-order valence-electron chi connectivity index (χ2n) is 5.35. The Labute approximate surface area is 115 Å². The zero-order valence-electron chi connectivity index (χ0n) is 13.0. The van der Waals surface area contributed by atoms with Crippen LogP contribution in [0.3, 0.4) is 0 Å². The van der Waals surface area contributed by atoms with E-state index in [2.05, 4.69) is 25.7 Å². The number of nitrogens with zero attached hydrogens (tertiary/aromatic N) is 1. The summed E-state index contributed by atoms with van der Waals surface area (Å²) >= 11 is 0. The average Bonchev–Trinajstić information content (AvgIpc) is 2.39. The molecule has 0 aliphatic heterocycles. The minimum atomic E-state index is 0.299. The minimum absolute atomic E-state index is 0.299. The molecule has 0 aromatic rings. The Bertz CT molecular complexity index is 157. The van der Waals surface area contributed by atoms with E-state index in [-0.39, 0.29) is 0 Å². The molecule has 0 aromatic carbocycles. The zero-order chi connectivity index (χ0) is 13.6. The van der Waals surface area contributed by atoms with Crippen molar-refractivity contribution in [2.24, 2.45) is 0 Å². The molecule has 0 radical (unpaired) electrons. The minimum Gasteiger partial charge on any atom is -0.395 e. The van der Waals surface area contributed by atoms with E-state index >= 15 is 0 Å². The van der Waals surface area contributed by atoms with E-state index in [1.807, 2.05) is 0 Å². The van der Waals surface area contributed by atoms with Crippen molar-refractivity contribution in [1.82, 2.24) is 4.90 Å². The highest BCUT2D eigenvalue weighted by atomic mass is 16.3. The maximum Gasteiger partial charge on any atom is 0.0558 e. The third-order valence-corrected chi connectivity index (χ3v) is 3.89. The van der Waals surface area contributed by atoms with Gasteiger partial charge in [-0.3, -0.25) is 4.90 Å². The van der Waals surface area contributed by atoms with Crippen molar-refractivity contribution >= 4 is 0 Å². The molecule has 0 unspecified atom stereocenters. The van der Waals surface area contributed by atoms with E-state index in [0.717, 1.165) is 6.54 Å². The summed E-state index contributed by atoms with van der Waals surface area (Å²) in [7, 11) is 0. The van der Waals surface area contributed by atoms with Crippen LogP contribution < -0.4 is 0 Å². The second-order valence-corrected chi connectivity index (χ2v) is 5.35. The molecule has 110 valence electrons. The van der Waals surface area contributed by atoms with Crippen LogP contribution in [0, 0.1) is 0 Å². The SMILES string of the molecule is CCCCCCCCCN(CCO)C(CC)CC. The molecule has 0 fully saturated rings. The first-order valence-electron chi connectivity index (χ1n) is 8.14. The van der Waals surface area contributed by atoms with E-state index in [1.165, 1.54) is 64.3 Å². The van der Waals surface area contributed by atoms with Gasteiger partial charge in [0, 0.05) is 12.6 Å². The smallest absolute Gasteiger partial charge is 0.0558 e. The molecule has 0 saturated heterocycles. The molecule has 2 nitrogen and oxygen atoms in total. The quantitative estimate of drug-likeness (QED) is 0.499. The maximum absolute atomic E-state index is 9.13. The van der Waals surface area contributed by atoms with Crippen LogP contribution in [0.2, 0.25) is 0 Å². The van der Waals surface area contributed by atoms with Gasteiger partial charge in [0.25, 0.3) is 0 Å². The highest BCUT2D eigenvalue weighted by Crippen LogP contribution is 2.12. The number of rotatable bonds is 13. The molecule has 0 rings (SSSR count). The number of hydrogen-bond donors (Lipinski definition) is 1. The molecule has 0 aliphatic rings. The first-order valence-corrected chi connectivity index (χ1v) is 8.14. The standard InChI is InChI=1S/C16H35NO/c1-4-7-8-9-10-11-12-13-17(14-15-18)16(5-2)6-3/h16,18H,4-15H2,1-3H3. The predicted octanol–water partition coefficient (Wildman–Crippen LogP) is 4.22. The molecular weight excluding hydrogens is 222 g/mol. The van der Waals surface area contributed by atoms with Crippen LogP contribution in [-0.4, -0.2) is 35.7 Å². The summed E-state index contributed by atoms with van der Waals surface area (Å²) in [4.78, 5) is 2.48. The molecule has 0 saturated carbocycles. The molecule has 0 atom stereocenters. The van der Waals surface area contributed by atoms with Gasteiger partial charge in [0.15, 0.2) is 0 Å². The fraction of sp³-hybridized carbons (Fsp3) is 1.00. The van der Waals surface area contributed by atoms with Crippen molar-refractivity contribution in [3.8, 4) is 0 Å². The Hall–Kier alpha value is -0.0800. The van der Waals surface area contributed by atoms with Crippen molar-refractivity contribution in [1.29, 1.82) is 0 Å². The molecule has 0 heterocycles. The van der Waals surface area contributed by atoms with Crippen LogP contribution in [0.1, 0.15) is 78.6 Å². The lowest BCUT2D eigenvalue weighted by molar-refractivity contribution is 0.141. The first kappa shape index (κ1) is 17.9. The highest BCUT2D eigenvalue weighted by Gasteiger charge is 2.13. The Morgan fingerprint density at radius 2 is 1.33 bits per heavy atom. The van der Waals surface area contributed by atoms with Crippen LogP contribution in [0.4, 0.5) is 0 Å². The summed E-state index contributed by atoms with van der Waals surface area (Å²) in [6.07, 6.45) is 12.0. The third kappa shape index (κ3) is 8.93. The van der Waals surface area contributed by atoms with E-state index < -0.39 is 0 Å². The molecular formula is C16H35NO. The molecule has 18 heavy (non-hydrogen) atoms. The van der Waals surface area contributed by atoms with Gasteiger partial charge in [-0.25, -0.2) is 0 Å². The molecule has 0 aromatic heterocycles. The van der Waals surface area contributed by atoms with Gasteiger partial charge in [-0.2, -0.15) is 0 Å².